The van der Waals surface area contributed by atoms with Crippen molar-refractivity contribution in [2.75, 3.05) is 0 Å². The van der Waals surface area contributed by atoms with Crippen LogP contribution in [0.4, 0.5) is 8.78 Å². The molecule has 0 N–H and O–H groups in total. The summed E-state index contributed by atoms with van der Waals surface area (Å²) in [5, 5.41) is 1.10. The largest absolute Gasteiger partial charge is 0.453 e. The van der Waals surface area contributed by atoms with Gasteiger partial charge in [0.25, 0.3) is 6.43 Å². The van der Waals surface area contributed by atoms with Gasteiger partial charge in [0.2, 0.25) is 0 Å². The van der Waals surface area contributed by atoms with Crippen molar-refractivity contribution in [2.45, 2.75) is 6.43 Å². The monoisotopic (exact) mass is 294 g/mol. The quantitative estimate of drug-likeness (QED) is 0.607. The maximum absolute atomic E-state index is 12.7. The molecular weight excluding hydrogens is 286 g/mol. The second kappa shape index (κ2) is 5.13. The van der Waals surface area contributed by atoms with Crippen LogP contribution in [0.2, 0.25) is 5.02 Å². The fraction of sp³-hybridized carbons (Fsp3) is 0.0667. The van der Waals surface area contributed by atoms with Gasteiger partial charge in [0, 0.05) is 10.4 Å². The van der Waals surface area contributed by atoms with E-state index in [9.17, 15) is 8.78 Å². The van der Waals surface area contributed by atoms with E-state index in [1.807, 2.05) is 0 Å². The molecule has 1 heterocycles. The van der Waals surface area contributed by atoms with Crippen LogP contribution in [0, 0.1) is 0 Å². The first kappa shape index (κ1) is 12.9. The highest BCUT2D eigenvalue weighted by Crippen LogP contribution is 2.35. The average molecular weight is 295 g/mol. The number of hydrogen-bond acceptors (Lipinski definition) is 2. The van der Waals surface area contributed by atoms with Crippen LogP contribution in [0.3, 0.4) is 0 Å². The lowest BCUT2D eigenvalue weighted by molar-refractivity contribution is 0.124. The predicted octanol–water partition coefficient (Wildman–Crippen LogP) is 5.82. The lowest BCUT2D eigenvalue weighted by Gasteiger charge is -2.06. The molecule has 0 fully saturated rings. The molecule has 0 spiro atoms. The summed E-state index contributed by atoms with van der Waals surface area (Å²) in [7, 11) is 0. The Balaban J connectivity index is 2.03. The lowest BCUT2D eigenvalue weighted by atomic mass is 10.2. The molecule has 20 heavy (non-hydrogen) atoms. The van der Waals surface area contributed by atoms with Crippen LogP contribution >= 0.6 is 11.6 Å². The molecule has 0 saturated carbocycles. The van der Waals surface area contributed by atoms with Crippen LogP contribution in [0.5, 0.6) is 11.5 Å². The zero-order valence-corrected chi connectivity index (χ0v) is 10.9. The van der Waals surface area contributed by atoms with Gasteiger partial charge in [0.1, 0.15) is 5.75 Å². The van der Waals surface area contributed by atoms with E-state index >= 15 is 0 Å². The van der Waals surface area contributed by atoms with Crippen LogP contribution in [-0.4, -0.2) is 0 Å². The maximum Gasteiger partial charge on any atom is 0.295 e. The predicted molar refractivity (Wildman–Crippen MR) is 72.7 cm³/mol. The van der Waals surface area contributed by atoms with Crippen molar-refractivity contribution in [1.82, 2.24) is 0 Å². The summed E-state index contributed by atoms with van der Waals surface area (Å²) in [6.45, 7) is 0. The maximum atomic E-state index is 12.7. The fourth-order valence-electron chi connectivity index (χ4n) is 1.90. The van der Waals surface area contributed by atoms with Crippen molar-refractivity contribution >= 4 is 22.6 Å². The van der Waals surface area contributed by atoms with Gasteiger partial charge in [-0.15, -0.1) is 0 Å². The molecule has 0 atom stereocenters. The molecule has 0 aliphatic heterocycles. The van der Waals surface area contributed by atoms with E-state index < -0.39 is 6.43 Å². The molecular formula is C15H9ClF2O2. The van der Waals surface area contributed by atoms with Gasteiger partial charge in [-0.3, -0.25) is 0 Å². The van der Waals surface area contributed by atoms with Gasteiger partial charge in [-0.05, 0) is 30.3 Å². The SMILES string of the molecule is FC(F)c1cc2cccc(Oc3cccc(Cl)c3)c2o1. The van der Waals surface area contributed by atoms with Gasteiger partial charge in [-0.25, -0.2) is 8.78 Å². The summed E-state index contributed by atoms with van der Waals surface area (Å²) in [6, 6.07) is 13.2. The minimum atomic E-state index is -2.65. The number of alkyl halides is 2. The van der Waals surface area contributed by atoms with Gasteiger partial charge in [-0.1, -0.05) is 29.8 Å². The molecule has 0 radical (unpaired) electrons. The zero-order chi connectivity index (χ0) is 14.1. The van der Waals surface area contributed by atoms with Gasteiger partial charge >= 0.3 is 0 Å². The number of hydrogen-bond donors (Lipinski definition) is 0. The zero-order valence-electron chi connectivity index (χ0n) is 10.1. The molecule has 3 rings (SSSR count). The summed E-state index contributed by atoms with van der Waals surface area (Å²) < 4.78 is 36.1. The van der Waals surface area contributed by atoms with Crippen LogP contribution in [0.1, 0.15) is 12.2 Å². The number of ether oxygens (including phenoxy) is 1. The molecule has 1 aromatic heterocycles. The smallest absolute Gasteiger partial charge is 0.295 e. The Hall–Kier alpha value is -2.07. The minimum absolute atomic E-state index is 0.294. The third-order valence-electron chi connectivity index (χ3n) is 2.77. The Labute approximate surface area is 118 Å². The van der Waals surface area contributed by atoms with Crippen LogP contribution < -0.4 is 4.74 Å². The number of furan rings is 1. The van der Waals surface area contributed by atoms with E-state index in [0.717, 1.165) is 0 Å². The normalized spacial score (nSPS) is 11.2. The number of halogens is 3. The van der Waals surface area contributed by atoms with E-state index in [1.165, 1.54) is 6.07 Å². The molecule has 0 unspecified atom stereocenters. The number of para-hydroxylation sites is 1. The summed E-state index contributed by atoms with van der Waals surface area (Å²) in [5.74, 6) is 0.513. The van der Waals surface area contributed by atoms with Gasteiger partial charge in [0.15, 0.2) is 17.1 Å². The molecule has 0 aliphatic rings. The third-order valence-corrected chi connectivity index (χ3v) is 3.00. The first-order valence-corrected chi connectivity index (χ1v) is 6.25. The van der Waals surface area contributed by atoms with E-state index in [0.29, 0.717) is 27.5 Å². The highest BCUT2D eigenvalue weighted by molar-refractivity contribution is 6.30. The van der Waals surface area contributed by atoms with Crippen LogP contribution in [-0.2, 0) is 0 Å². The summed E-state index contributed by atoms with van der Waals surface area (Å²) in [5.41, 5.74) is 0.294. The van der Waals surface area contributed by atoms with E-state index in [4.69, 9.17) is 20.8 Å². The minimum Gasteiger partial charge on any atom is -0.453 e. The first-order valence-electron chi connectivity index (χ1n) is 5.87. The Kier molecular flexibility index (Phi) is 3.32. The summed E-state index contributed by atoms with van der Waals surface area (Å²) in [4.78, 5) is 0. The second-order valence-corrected chi connectivity index (χ2v) is 4.62. The van der Waals surface area contributed by atoms with Crippen molar-refractivity contribution in [2.24, 2.45) is 0 Å². The van der Waals surface area contributed by atoms with Crippen LogP contribution in [0.25, 0.3) is 11.0 Å². The molecule has 0 bridgehead atoms. The summed E-state index contributed by atoms with van der Waals surface area (Å²) in [6.07, 6.45) is -2.65. The first-order chi connectivity index (χ1) is 9.63. The van der Waals surface area contributed by atoms with Crippen molar-refractivity contribution in [1.29, 1.82) is 0 Å². The van der Waals surface area contributed by atoms with E-state index in [1.54, 1.807) is 42.5 Å². The highest BCUT2D eigenvalue weighted by atomic mass is 35.5. The Morgan fingerprint density at radius 3 is 2.60 bits per heavy atom. The summed E-state index contributed by atoms with van der Waals surface area (Å²) >= 11 is 5.87. The van der Waals surface area contributed by atoms with Crippen molar-refractivity contribution in [3.63, 3.8) is 0 Å². The second-order valence-electron chi connectivity index (χ2n) is 4.18. The average Bonchev–Trinajstić information content (AvgIpc) is 2.84. The topological polar surface area (TPSA) is 22.4 Å². The van der Waals surface area contributed by atoms with Crippen LogP contribution in [0.15, 0.2) is 52.9 Å². The highest BCUT2D eigenvalue weighted by Gasteiger charge is 2.16. The molecule has 2 nitrogen and oxygen atoms in total. The molecule has 0 aliphatic carbocycles. The van der Waals surface area contributed by atoms with Gasteiger partial charge < -0.3 is 9.15 Å². The van der Waals surface area contributed by atoms with Crippen molar-refractivity contribution in [3.05, 3.63) is 59.3 Å². The lowest BCUT2D eigenvalue weighted by Crippen LogP contribution is -1.84. The molecule has 0 amide bonds. The number of rotatable bonds is 3. The Bertz CT molecular complexity index is 752. The van der Waals surface area contributed by atoms with Crippen molar-refractivity contribution < 1.29 is 17.9 Å². The van der Waals surface area contributed by atoms with Gasteiger partial charge in [-0.2, -0.15) is 0 Å². The van der Waals surface area contributed by atoms with E-state index in [2.05, 4.69) is 0 Å². The molecule has 3 aromatic rings. The van der Waals surface area contributed by atoms with E-state index in [-0.39, 0.29) is 5.76 Å². The third kappa shape index (κ3) is 2.47. The number of benzene rings is 2. The van der Waals surface area contributed by atoms with Crippen molar-refractivity contribution in [3.8, 4) is 11.5 Å². The molecule has 2 aromatic carbocycles. The number of fused-ring (bicyclic) bond motifs is 1. The standard InChI is InChI=1S/C15H9ClF2O2/c16-10-4-2-5-11(8-10)19-12-6-1-3-9-7-13(15(17)18)20-14(9)12/h1-8,15H. The molecule has 0 saturated heterocycles. The fourth-order valence-corrected chi connectivity index (χ4v) is 2.08. The Morgan fingerprint density at radius 2 is 1.85 bits per heavy atom. The Morgan fingerprint density at radius 1 is 1.05 bits per heavy atom. The molecule has 5 heteroatoms. The molecule has 102 valence electrons. The van der Waals surface area contributed by atoms with Gasteiger partial charge in [0.05, 0.1) is 0 Å².